The van der Waals surface area contributed by atoms with Gasteiger partial charge in [0.15, 0.2) is 0 Å². The van der Waals surface area contributed by atoms with Gasteiger partial charge in [-0.1, -0.05) is 39.0 Å². The van der Waals surface area contributed by atoms with Crippen molar-refractivity contribution in [2.24, 2.45) is 0 Å². The molecule has 0 aliphatic rings. The lowest BCUT2D eigenvalue weighted by atomic mass is 10.3. The van der Waals surface area contributed by atoms with E-state index >= 15 is 0 Å². The summed E-state index contributed by atoms with van der Waals surface area (Å²) in [5.41, 5.74) is 0. The van der Waals surface area contributed by atoms with Gasteiger partial charge in [-0.05, 0) is 12.5 Å². The largest absolute Gasteiger partial charge is 0.462 e. The van der Waals surface area contributed by atoms with E-state index in [2.05, 4.69) is 17.7 Å². The molecule has 0 saturated heterocycles. The molecule has 2 nitrogen and oxygen atoms in total. The molecule has 0 aliphatic carbocycles. The second-order valence-corrected chi connectivity index (χ2v) is 2.45. The Morgan fingerprint density at radius 3 is 2.46 bits per heavy atom. The maximum absolute atomic E-state index is 10.3. The first kappa shape index (κ1) is 14.5. The predicted octanol–water partition coefficient (Wildman–Crippen LogP) is 3.10. The molecule has 0 amide bonds. The molecule has 0 bridgehead atoms. The summed E-state index contributed by atoms with van der Waals surface area (Å²) in [5.74, 6) is -0.239. The van der Waals surface area contributed by atoms with Gasteiger partial charge in [0, 0.05) is 6.92 Å². The monoisotopic (exact) mass is 184 g/mol. The summed E-state index contributed by atoms with van der Waals surface area (Å²) in [7, 11) is 0. The van der Waals surface area contributed by atoms with Crippen LogP contribution in [0.4, 0.5) is 0 Å². The molecule has 0 spiro atoms. The van der Waals surface area contributed by atoms with Crippen LogP contribution in [0, 0.1) is 0 Å². The summed E-state index contributed by atoms with van der Waals surface area (Å²) in [6.07, 6.45) is 10.0. The van der Waals surface area contributed by atoms with Crippen molar-refractivity contribution in [2.75, 3.05) is 6.61 Å². The number of hydrogen-bond acceptors (Lipinski definition) is 2. The van der Waals surface area contributed by atoms with Crippen LogP contribution in [0.3, 0.4) is 0 Å². The van der Waals surface area contributed by atoms with Crippen molar-refractivity contribution in [3.05, 3.63) is 24.3 Å². The molecule has 0 aromatic carbocycles. The molecular formula is C11H20O2. The van der Waals surface area contributed by atoms with Gasteiger partial charge in [-0.3, -0.25) is 4.79 Å². The third-order valence-corrected chi connectivity index (χ3v) is 1.22. The van der Waals surface area contributed by atoms with E-state index in [0.29, 0.717) is 6.61 Å². The van der Waals surface area contributed by atoms with E-state index < -0.39 is 0 Å². The number of ether oxygens (including phenoxy) is 1. The van der Waals surface area contributed by atoms with Gasteiger partial charge in [0.05, 0.1) is 0 Å². The summed E-state index contributed by atoms with van der Waals surface area (Å²) < 4.78 is 4.69. The molecule has 0 rings (SSSR count). The fourth-order valence-corrected chi connectivity index (χ4v) is 0.641. The minimum atomic E-state index is -0.239. The average molecular weight is 184 g/mol. The van der Waals surface area contributed by atoms with Crippen LogP contribution in [0.25, 0.3) is 0 Å². The third-order valence-electron chi connectivity index (χ3n) is 1.22. The summed E-state index contributed by atoms with van der Waals surface area (Å²) >= 11 is 0. The topological polar surface area (TPSA) is 26.3 Å². The molecule has 0 atom stereocenters. The van der Waals surface area contributed by atoms with Crippen LogP contribution in [0.5, 0.6) is 0 Å². The van der Waals surface area contributed by atoms with Crippen LogP contribution in [0.15, 0.2) is 24.3 Å². The lowest BCUT2D eigenvalue weighted by Gasteiger charge is -1.92. The molecule has 76 valence electrons. The third kappa shape index (κ3) is 13.9. The van der Waals surface area contributed by atoms with Crippen molar-refractivity contribution in [3.63, 3.8) is 0 Å². The smallest absolute Gasteiger partial charge is 0.302 e. The van der Waals surface area contributed by atoms with Gasteiger partial charge < -0.3 is 4.74 Å². The first-order valence-corrected chi connectivity index (χ1v) is 4.22. The van der Waals surface area contributed by atoms with Crippen LogP contribution in [0.2, 0.25) is 0 Å². The molecule has 0 radical (unpaired) electrons. The van der Waals surface area contributed by atoms with Crippen LogP contribution in [-0.4, -0.2) is 12.6 Å². The second-order valence-electron chi connectivity index (χ2n) is 2.45. The van der Waals surface area contributed by atoms with Gasteiger partial charge in [-0.25, -0.2) is 0 Å². The fraction of sp³-hybridized carbons (Fsp3) is 0.545. The van der Waals surface area contributed by atoms with Crippen molar-refractivity contribution < 1.29 is 9.53 Å². The van der Waals surface area contributed by atoms with Crippen molar-refractivity contribution in [2.45, 2.75) is 34.1 Å². The van der Waals surface area contributed by atoms with Gasteiger partial charge in [-0.15, -0.1) is 0 Å². The van der Waals surface area contributed by atoms with E-state index in [1.165, 1.54) is 6.92 Å². The number of allylic oxidation sites excluding steroid dienone is 3. The maximum Gasteiger partial charge on any atom is 0.302 e. The lowest BCUT2D eigenvalue weighted by molar-refractivity contribution is -0.139. The van der Waals surface area contributed by atoms with Crippen molar-refractivity contribution in [3.8, 4) is 0 Å². The Labute approximate surface area is 81.3 Å². The zero-order valence-corrected chi connectivity index (χ0v) is 7.75. The summed E-state index contributed by atoms with van der Waals surface area (Å²) in [6.45, 7) is 3.90. The molecule has 0 saturated carbocycles. The number of rotatable bonds is 5. The van der Waals surface area contributed by atoms with Crippen LogP contribution >= 0.6 is 0 Å². The second kappa shape index (κ2) is 11.0. The van der Waals surface area contributed by atoms with Gasteiger partial charge in [0.25, 0.3) is 0 Å². The Kier molecular flexibility index (Phi) is 12.2. The highest BCUT2D eigenvalue weighted by Gasteiger charge is 1.84. The lowest BCUT2D eigenvalue weighted by Crippen LogP contribution is -1.96. The van der Waals surface area contributed by atoms with Crippen molar-refractivity contribution in [1.82, 2.24) is 0 Å². The van der Waals surface area contributed by atoms with Gasteiger partial charge in [-0.2, -0.15) is 0 Å². The SMILES string of the molecule is C.CCC/C=C\C=C\COC(C)=O. The molecule has 0 N–H and O–H groups in total. The number of carbonyl (C=O) groups is 1. The van der Waals surface area contributed by atoms with Crippen LogP contribution in [0.1, 0.15) is 34.1 Å². The maximum atomic E-state index is 10.3. The Balaban J connectivity index is 0. The molecule has 0 fully saturated rings. The van der Waals surface area contributed by atoms with Crippen LogP contribution in [-0.2, 0) is 9.53 Å². The zero-order valence-electron chi connectivity index (χ0n) is 7.75. The molecule has 0 aliphatic heterocycles. The molecule has 0 aromatic rings. The number of hydrogen-bond donors (Lipinski definition) is 0. The Bertz CT molecular complexity index is 169. The highest BCUT2D eigenvalue weighted by molar-refractivity contribution is 5.65. The fourth-order valence-electron chi connectivity index (χ4n) is 0.641. The molecule has 2 heteroatoms. The van der Waals surface area contributed by atoms with Gasteiger partial charge >= 0.3 is 5.97 Å². The van der Waals surface area contributed by atoms with Gasteiger partial charge in [0.1, 0.15) is 6.61 Å². The Hall–Kier alpha value is -1.05. The minimum absolute atomic E-state index is 0. The molecular weight excluding hydrogens is 164 g/mol. The van der Waals surface area contributed by atoms with Crippen LogP contribution < -0.4 is 0 Å². The molecule has 0 unspecified atom stereocenters. The van der Waals surface area contributed by atoms with E-state index in [4.69, 9.17) is 0 Å². The van der Waals surface area contributed by atoms with E-state index in [1.807, 2.05) is 18.2 Å². The summed E-state index contributed by atoms with van der Waals surface area (Å²) in [4.78, 5) is 10.3. The Morgan fingerprint density at radius 2 is 1.92 bits per heavy atom. The van der Waals surface area contributed by atoms with E-state index in [1.54, 1.807) is 0 Å². The molecule has 13 heavy (non-hydrogen) atoms. The van der Waals surface area contributed by atoms with Crippen molar-refractivity contribution >= 4 is 5.97 Å². The first-order chi connectivity index (χ1) is 5.77. The standard InChI is InChI=1S/C10H16O2.CH4/c1-3-4-5-6-7-8-9-12-10(2)11;/h5-8H,3-4,9H2,1-2H3;1H4/b6-5-,8-7+;. The summed E-state index contributed by atoms with van der Waals surface area (Å²) in [6, 6.07) is 0. The number of carbonyl (C=O) groups excluding carboxylic acids is 1. The van der Waals surface area contributed by atoms with E-state index in [0.717, 1.165) is 12.8 Å². The zero-order chi connectivity index (χ0) is 9.23. The van der Waals surface area contributed by atoms with E-state index in [-0.39, 0.29) is 13.4 Å². The first-order valence-electron chi connectivity index (χ1n) is 4.22. The number of unbranched alkanes of at least 4 members (excludes halogenated alkanes) is 1. The molecule has 0 heterocycles. The quantitative estimate of drug-likeness (QED) is 0.485. The molecule has 0 aromatic heterocycles. The number of esters is 1. The predicted molar refractivity (Wildman–Crippen MR) is 56.6 cm³/mol. The Morgan fingerprint density at radius 1 is 1.31 bits per heavy atom. The summed E-state index contributed by atoms with van der Waals surface area (Å²) in [5, 5.41) is 0. The minimum Gasteiger partial charge on any atom is -0.462 e. The van der Waals surface area contributed by atoms with E-state index in [9.17, 15) is 4.79 Å². The van der Waals surface area contributed by atoms with Crippen molar-refractivity contribution in [1.29, 1.82) is 0 Å². The highest BCUT2D eigenvalue weighted by atomic mass is 16.5. The normalized spacial score (nSPS) is 10.3. The average Bonchev–Trinajstić information content (AvgIpc) is 2.02. The van der Waals surface area contributed by atoms with Gasteiger partial charge in [0.2, 0.25) is 0 Å². The highest BCUT2D eigenvalue weighted by Crippen LogP contribution is 1.88.